The van der Waals surface area contributed by atoms with E-state index < -0.39 is 0 Å². The second-order valence-corrected chi connectivity index (χ2v) is 6.70. The fraction of sp³-hybridized carbons (Fsp3) is 0.588. The molecule has 0 aromatic carbocycles. The van der Waals surface area contributed by atoms with Crippen LogP contribution in [-0.2, 0) is 6.54 Å². The number of carbonyl (C=O) groups is 1. The number of nitrogens with zero attached hydrogens (tertiary/aromatic N) is 3. The SMILES string of the molecule is Cc1cc(C(=O)NCCC2CCCN(Cc3nc[nH]c3C)C2)n[nH]1. The molecular weight excluding hydrogens is 304 g/mol. The molecule has 1 aliphatic heterocycles. The van der Waals surface area contributed by atoms with Crippen molar-refractivity contribution in [3.63, 3.8) is 0 Å². The Morgan fingerprint density at radius 1 is 1.46 bits per heavy atom. The Labute approximate surface area is 142 Å². The third-order valence-electron chi connectivity index (χ3n) is 4.69. The maximum Gasteiger partial charge on any atom is 0.271 e. The summed E-state index contributed by atoms with van der Waals surface area (Å²) in [5, 5.41) is 9.75. The first kappa shape index (κ1) is 16.7. The molecule has 1 atom stereocenters. The molecule has 0 bridgehead atoms. The lowest BCUT2D eigenvalue weighted by Crippen LogP contribution is -2.37. The first-order chi connectivity index (χ1) is 11.6. The number of nitrogens with one attached hydrogen (secondary N) is 3. The first-order valence-corrected chi connectivity index (χ1v) is 8.63. The molecule has 1 saturated heterocycles. The Hall–Kier alpha value is -2.15. The van der Waals surface area contributed by atoms with Crippen LogP contribution < -0.4 is 5.32 Å². The second kappa shape index (κ2) is 7.61. The van der Waals surface area contributed by atoms with Gasteiger partial charge in [-0.15, -0.1) is 0 Å². The van der Waals surface area contributed by atoms with E-state index in [1.54, 1.807) is 12.4 Å². The third-order valence-corrected chi connectivity index (χ3v) is 4.69. The summed E-state index contributed by atoms with van der Waals surface area (Å²) < 4.78 is 0. The maximum atomic E-state index is 12.0. The number of aromatic amines is 2. The number of likely N-dealkylation sites (tertiary alicyclic amines) is 1. The average molecular weight is 330 g/mol. The van der Waals surface area contributed by atoms with Gasteiger partial charge in [0.1, 0.15) is 5.69 Å². The number of imidazole rings is 1. The monoisotopic (exact) mass is 330 g/mol. The Bertz CT molecular complexity index is 676. The normalized spacial score (nSPS) is 18.7. The van der Waals surface area contributed by atoms with E-state index in [1.807, 2.05) is 6.92 Å². The van der Waals surface area contributed by atoms with Gasteiger partial charge in [-0.3, -0.25) is 14.8 Å². The molecule has 1 aliphatic rings. The number of amides is 1. The summed E-state index contributed by atoms with van der Waals surface area (Å²) in [6.07, 6.45) is 5.21. The van der Waals surface area contributed by atoms with Gasteiger partial charge < -0.3 is 10.3 Å². The van der Waals surface area contributed by atoms with Crippen LogP contribution in [0, 0.1) is 19.8 Å². The van der Waals surface area contributed by atoms with Crippen LogP contribution in [0.2, 0.25) is 0 Å². The molecule has 0 aliphatic carbocycles. The van der Waals surface area contributed by atoms with Crippen LogP contribution in [0.5, 0.6) is 0 Å². The quantitative estimate of drug-likeness (QED) is 0.753. The van der Waals surface area contributed by atoms with Gasteiger partial charge in [0.05, 0.1) is 12.0 Å². The molecule has 24 heavy (non-hydrogen) atoms. The van der Waals surface area contributed by atoms with E-state index in [-0.39, 0.29) is 5.91 Å². The molecule has 1 unspecified atom stereocenters. The number of aryl methyl sites for hydroxylation is 2. The van der Waals surface area contributed by atoms with Crippen LogP contribution >= 0.6 is 0 Å². The number of carbonyl (C=O) groups excluding carboxylic acids is 1. The van der Waals surface area contributed by atoms with Gasteiger partial charge in [-0.2, -0.15) is 5.10 Å². The van der Waals surface area contributed by atoms with E-state index in [4.69, 9.17) is 0 Å². The van der Waals surface area contributed by atoms with Gasteiger partial charge in [0.15, 0.2) is 0 Å². The van der Waals surface area contributed by atoms with Gasteiger partial charge >= 0.3 is 0 Å². The lowest BCUT2D eigenvalue weighted by molar-refractivity contribution is 0.0941. The van der Waals surface area contributed by atoms with Crippen LogP contribution in [0.4, 0.5) is 0 Å². The zero-order valence-electron chi connectivity index (χ0n) is 14.4. The van der Waals surface area contributed by atoms with E-state index in [2.05, 4.69) is 37.3 Å². The molecule has 130 valence electrons. The van der Waals surface area contributed by atoms with E-state index in [1.165, 1.54) is 12.8 Å². The molecule has 3 N–H and O–H groups in total. The molecule has 0 spiro atoms. The van der Waals surface area contributed by atoms with Gasteiger partial charge in [0.2, 0.25) is 0 Å². The van der Waals surface area contributed by atoms with E-state index >= 15 is 0 Å². The van der Waals surface area contributed by atoms with Crippen molar-refractivity contribution in [3.8, 4) is 0 Å². The van der Waals surface area contributed by atoms with Gasteiger partial charge in [-0.25, -0.2) is 4.98 Å². The van der Waals surface area contributed by atoms with Crippen molar-refractivity contribution in [2.75, 3.05) is 19.6 Å². The fourth-order valence-corrected chi connectivity index (χ4v) is 3.30. The van der Waals surface area contributed by atoms with Crippen molar-refractivity contribution in [2.24, 2.45) is 5.92 Å². The van der Waals surface area contributed by atoms with Crippen molar-refractivity contribution in [1.82, 2.24) is 30.4 Å². The molecule has 1 fully saturated rings. The average Bonchev–Trinajstić information content (AvgIpc) is 3.17. The molecule has 0 radical (unpaired) electrons. The van der Waals surface area contributed by atoms with Crippen molar-refractivity contribution >= 4 is 5.91 Å². The zero-order valence-corrected chi connectivity index (χ0v) is 14.4. The van der Waals surface area contributed by atoms with Crippen LogP contribution in [0.15, 0.2) is 12.4 Å². The van der Waals surface area contributed by atoms with Crippen molar-refractivity contribution < 1.29 is 4.79 Å². The predicted molar refractivity (Wildman–Crippen MR) is 91.6 cm³/mol. The number of H-pyrrole nitrogens is 2. The minimum atomic E-state index is -0.0980. The fourth-order valence-electron chi connectivity index (χ4n) is 3.30. The standard InChI is InChI=1S/C17H26N6O/c1-12-8-15(22-21-12)17(24)18-6-5-14-4-3-7-23(9-14)10-16-13(2)19-11-20-16/h8,11,14H,3-7,9-10H2,1-2H3,(H,18,24)(H,19,20)(H,21,22). The lowest BCUT2D eigenvalue weighted by Gasteiger charge is -2.32. The Balaban J connectivity index is 1.42. The zero-order chi connectivity index (χ0) is 16.9. The summed E-state index contributed by atoms with van der Waals surface area (Å²) in [5.41, 5.74) is 3.65. The summed E-state index contributed by atoms with van der Waals surface area (Å²) in [7, 11) is 0. The minimum absolute atomic E-state index is 0.0980. The summed E-state index contributed by atoms with van der Waals surface area (Å²) in [6, 6.07) is 1.77. The number of aromatic nitrogens is 4. The van der Waals surface area contributed by atoms with Crippen LogP contribution in [0.25, 0.3) is 0 Å². The maximum absolute atomic E-state index is 12.0. The van der Waals surface area contributed by atoms with E-state index in [0.29, 0.717) is 18.2 Å². The number of hydrogen-bond donors (Lipinski definition) is 3. The molecular formula is C17H26N6O. The molecule has 3 rings (SSSR count). The Kier molecular flexibility index (Phi) is 5.30. The highest BCUT2D eigenvalue weighted by atomic mass is 16.1. The third kappa shape index (κ3) is 4.23. The molecule has 7 heteroatoms. The lowest BCUT2D eigenvalue weighted by atomic mass is 9.94. The Morgan fingerprint density at radius 3 is 3.04 bits per heavy atom. The number of rotatable bonds is 6. The second-order valence-electron chi connectivity index (χ2n) is 6.70. The topological polar surface area (TPSA) is 89.7 Å². The van der Waals surface area contributed by atoms with Crippen LogP contribution in [0.3, 0.4) is 0 Å². The van der Waals surface area contributed by atoms with Gasteiger partial charge in [-0.05, 0) is 51.6 Å². The van der Waals surface area contributed by atoms with Crippen molar-refractivity contribution in [3.05, 3.63) is 35.2 Å². The highest BCUT2D eigenvalue weighted by Gasteiger charge is 2.21. The van der Waals surface area contributed by atoms with Crippen molar-refractivity contribution in [1.29, 1.82) is 0 Å². The minimum Gasteiger partial charge on any atom is -0.351 e. The van der Waals surface area contributed by atoms with E-state index in [0.717, 1.165) is 43.1 Å². The predicted octanol–water partition coefficient (Wildman–Crippen LogP) is 1.78. The highest BCUT2D eigenvalue weighted by molar-refractivity contribution is 5.92. The molecule has 7 nitrogen and oxygen atoms in total. The number of piperidine rings is 1. The highest BCUT2D eigenvalue weighted by Crippen LogP contribution is 2.21. The van der Waals surface area contributed by atoms with Crippen LogP contribution in [-0.4, -0.2) is 50.6 Å². The van der Waals surface area contributed by atoms with Gasteiger partial charge in [0.25, 0.3) is 5.91 Å². The van der Waals surface area contributed by atoms with E-state index in [9.17, 15) is 4.79 Å². The Morgan fingerprint density at radius 2 is 2.33 bits per heavy atom. The molecule has 1 amide bonds. The van der Waals surface area contributed by atoms with Gasteiger partial charge in [0, 0.05) is 31.0 Å². The molecule has 2 aromatic heterocycles. The van der Waals surface area contributed by atoms with Crippen LogP contribution in [0.1, 0.15) is 46.8 Å². The summed E-state index contributed by atoms with van der Waals surface area (Å²) in [6.45, 7) is 7.76. The summed E-state index contributed by atoms with van der Waals surface area (Å²) in [5.74, 6) is 0.526. The summed E-state index contributed by atoms with van der Waals surface area (Å²) in [4.78, 5) is 22.0. The number of hydrogen-bond acceptors (Lipinski definition) is 4. The smallest absolute Gasteiger partial charge is 0.271 e. The molecule has 3 heterocycles. The molecule has 2 aromatic rings. The molecule has 0 saturated carbocycles. The van der Waals surface area contributed by atoms with Gasteiger partial charge in [-0.1, -0.05) is 0 Å². The first-order valence-electron chi connectivity index (χ1n) is 8.63. The summed E-state index contributed by atoms with van der Waals surface area (Å²) >= 11 is 0. The largest absolute Gasteiger partial charge is 0.351 e. The van der Waals surface area contributed by atoms with Crippen molar-refractivity contribution in [2.45, 2.75) is 39.7 Å².